The minimum atomic E-state index is -0.736. The summed E-state index contributed by atoms with van der Waals surface area (Å²) in [6.07, 6.45) is 2.00. The van der Waals surface area contributed by atoms with Gasteiger partial charge in [0.1, 0.15) is 11.5 Å². The van der Waals surface area contributed by atoms with Crippen molar-refractivity contribution in [2.24, 2.45) is 4.99 Å². The molecule has 1 aliphatic carbocycles. The Morgan fingerprint density at radius 2 is 2.07 bits per heavy atom. The summed E-state index contributed by atoms with van der Waals surface area (Å²) >= 11 is 0. The number of aryl methyl sites for hydroxylation is 2. The van der Waals surface area contributed by atoms with E-state index in [0.717, 1.165) is 46.6 Å². The van der Waals surface area contributed by atoms with Gasteiger partial charge in [-0.3, -0.25) is 15.1 Å². The third-order valence-electron chi connectivity index (χ3n) is 5.03. The molecule has 0 spiro atoms. The molecule has 4 rings (SSSR count). The van der Waals surface area contributed by atoms with Gasteiger partial charge in [0.15, 0.2) is 6.10 Å². The second-order valence-corrected chi connectivity index (χ2v) is 6.84. The van der Waals surface area contributed by atoms with Gasteiger partial charge in [-0.1, -0.05) is 6.07 Å². The molecule has 1 aliphatic heterocycles. The number of nitrogens with zero attached hydrogens (tertiary/aromatic N) is 1. The van der Waals surface area contributed by atoms with E-state index in [2.05, 4.69) is 10.3 Å². The van der Waals surface area contributed by atoms with E-state index < -0.39 is 12.2 Å². The third kappa shape index (κ3) is 3.30. The lowest BCUT2D eigenvalue weighted by Gasteiger charge is -2.16. The van der Waals surface area contributed by atoms with Crippen molar-refractivity contribution in [3.63, 3.8) is 0 Å². The summed E-state index contributed by atoms with van der Waals surface area (Å²) in [5.74, 6) is 1.09. The summed E-state index contributed by atoms with van der Waals surface area (Å²) in [6.45, 7) is 2.00. The number of carbonyl (C=O) groups is 2. The van der Waals surface area contributed by atoms with Crippen molar-refractivity contribution in [3.05, 3.63) is 58.7 Å². The molecule has 1 saturated heterocycles. The molecule has 138 valence electrons. The van der Waals surface area contributed by atoms with Gasteiger partial charge < -0.3 is 9.47 Å². The van der Waals surface area contributed by atoms with Gasteiger partial charge in [0, 0.05) is 19.2 Å². The van der Waals surface area contributed by atoms with Crippen LogP contribution in [0.4, 0.5) is 4.79 Å². The molecule has 1 heterocycles. The predicted molar refractivity (Wildman–Crippen MR) is 101 cm³/mol. The summed E-state index contributed by atoms with van der Waals surface area (Å²) in [4.78, 5) is 27.2. The van der Waals surface area contributed by atoms with E-state index in [1.54, 1.807) is 13.3 Å². The van der Waals surface area contributed by atoms with Crippen LogP contribution in [-0.2, 0) is 16.0 Å². The maximum Gasteiger partial charge on any atom is 0.414 e. The number of benzene rings is 2. The quantitative estimate of drug-likeness (QED) is 0.843. The second-order valence-electron chi connectivity index (χ2n) is 6.84. The Morgan fingerprint density at radius 1 is 1.22 bits per heavy atom. The van der Waals surface area contributed by atoms with Crippen molar-refractivity contribution in [2.75, 3.05) is 7.05 Å². The van der Waals surface area contributed by atoms with E-state index in [1.807, 2.05) is 43.3 Å². The molecule has 6 heteroatoms. The fourth-order valence-corrected chi connectivity index (χ4v) is 3.78. The average molecular weight is 364 g/mol. The average Bonchev–Trinajstić information content (AvgIpc) is 3.19. The number of cyclic esters (lactones) is 1. The first kappa shape index (κ1) is 17.3. The van der Waals surface area contributed by atoms with Crippen molar-refractivity contribution < 1.29 is 19.1 Å². The zero-order chi connectivity index (χ0) is 19.0. The van der Waals surface area contributed by atoms with Crippen LogP contribution in [-0.4, -0.2) is 31.4 Å². The Morgan fingerprint density at radius 3 is 2.78 bits per heavy atom. The lowest BCUT2D eigenvalue weighted by atomic mass is 9.95. The Balaban J connectivity index is 1.54. The van der Waals surface area contributed by atoms with Gasteiger partial charge in [-0.2, -0.15) is 0 Å². The Kier molecular flexibility index (Phi) is 4.39. The van der Waals surface area contributed by atoms with Gasteiger partial charge in [0.2, 0.25) is 0 Å². The maximum atomic E-state index is 11.9. The molecule has 0 saturated carbocycles. The molecule has 0 unspecified atom stereocenters. The number of alkyl carbamates (subject to hydrolysis) is 1. The third-order valence-corrected chi connectivity index (χ3v) is 5.03. The zero-order valence-corrected chi connectivity index (χ0v) is 15.2. The number of rotatable bonds is 4. The van der Waals surface area contributed by atoms with Gasteiger partial charge in [-0.05, 0) is 72.4 Å². The Labute approximate surface area is 157 Å². The van der Waals surface area contributed by atoms with Gasteiger partial charge in [-0.15, -0.1) is 0 Å². The number of nitrogens with one attached hydrogen (secondary N) is 1. The molecular weight excluding hydrogens is 344 g/mol. The van der Waals surface area contributed by atoms with Gasteiger partial charge in [0.25, 0.3) is 5.91 Å². The van der Waals surface area contributed by atoms with Gasteiger partial charge >= 0.3 is 6.09 Å². The summed E-state index contributed by atoms with van der Waals surface area (Å²) in [7, 11) is 1.74. The van der Waals surface area contributed by atoms with E-state index in [-0.39, 0.29) is 11.8 Å². The zero-order valence-electron chi connectivity index (χ0n) is 15.2. The molecule has 2 aromatic rings. The molecule has 27 heavy (non-hydrogen) atoms. The van der Waals surface area contributed by atoms with E-state index in [0.29, 0.717) is 0 Å². The molecular formula is C21H20N2O4. The number of imide groups is 1. The lowest BCUT2D eigenvalue weighted by Crippen LogP contribution is -2.28. The molecule has 2 amide bonds. The Hall–Kier alpha value is -3.15. The molecule has 2 aromatic carbocycles. The molecule has 0 bridgehead atoms. The molecule has 2 aliphatic rings. The van der Waals surface area contributed by atoms with Crippen LogP contribution in [0.2, 0.25) is 0 Å². The smallest absolute Gasteiger partial charge is 0.414 e. The number of amides is 2. The minimum Gasteiger partial charge on any atom is -0.457 e. The molecule has 0 radical (unpaired) electrons. The maximum absolute atomic E-state index is 11.9. The van der Waals surface area contributed by atoms with Crippen LogP contribution in [0, 0.1) is 6.92 Å². The van der Waals surface area contributed by atoms with Gasteiger partial charge in [-0.25, -0.2) is 4.79 Å². The number of fused-ring (bicyclic) bond motifs is 1. The molecule has 6 nitrogen and oxygen atoms in total. The summed E-state index contributed by atoms with van der Waals surface area (Å²) in [6, 6.07) is 11.8. The highest BCUT2D eigenvalue weighted by molar-refractivity contribution is 6.00. The largest absolute Gasteiger partial charge is 0.457 e. The summed E-state index contributed by atoms with van der Waals surface area (Å²) < 4.78 is 11.2. The molecule has 0 aromatic heterocycles. The summed E-state index contributed by atoms with van der Waals surface area (Å²) in [5, 5.41) is 2.20. The monoisotopic (exact) mass is 364 g/mol. The molecule has 1 fully saturated rings. The Bertz CT molecular complexity index is 951. The summed E-state index contributed by atoms with van der Waals surface area (Å²) in [5.41, 5.74) is 4.23. The fraction of sp³-hybridized carbons (Fsp3) is 0.286. The number of hydrogen-bond donors (Lipinski definition) is 1. The number of aliphatic imine (C=N–C) groups is 1. The van der Waals surface area contributed by atoms with Crippen LogP contribution in [0.5, 0.6) is 11.5 Å². The van der Waals surface area contributed by atoms with Crippen molar-refractivity contribution in [1.29, 1.82) is 0 Å². The van der Waals surface area contributed by atoms with E-state index in [1.165, 1.54) is 0 Å². The highest BCUT2D eigenvalue weighted by Gasteiger charge is 2.42. The SMILES string of the molecule is CN=Cc1ccc(Oc2ccc3c(c2)CC[C@H]3[C@H]2OC(=O)NC2=O)c(C)c1. The van der Waals surface area contributed by atoms with Crippen LogP contribution in [0.25, 0.3) is 0 Å². The highest BCUT2D eigenvalue weighted by atomic mass is 16.6. The van der Waals surface area contributed by atoms with Crippen LogP contribution < -0.4 is 10.1 Å². The van der Waals surface area contributed by atoms with Crippen LogP contribution in [0.15, 0.2) is 41.4 Å². The normalized spacial score (nSPS) is 21.3. The number of ether oxygens (including phenoxy) is 2. The predicted octanol–water partition coefficient (Wildman–Crippen LogP) is 3.50. The van der Waals surface area contributed by atoms with E-state index >= 15 is 0 Å². The lowest BCUT2D eigenvalue weighted by molar-refractivity contribution is -0.124. The fourth-order valence-electron chi connectivity index (χ4n) is 3.78. The molecule has 2 atom stereocenters. The van der Waals surface area contributed by atoms with Crippen molar-refractivity contribution in [2.45, 2.75) is 31.8 Å². The van der Waals surface area contributed by atoms with Crippen LogP contribution in [0.1, 0.15) is 34.6 Å². The first-order valence-corrected chi connectivity index (χ1v) is 8.90. The number of hydrogen-bond acceptors (Lipinski definition) is 5. The van der Waals surface area contributed by atoms with E-state index in [9.17, 15) is 9.59 Å². The topological polar surface area (TPSA) is 77.0 Å². The first-order valence-electron chi connectivity index (χ1n) is 8.90. The number of carbonyl (C=O) groups excluding carboxylic acids is 2. The van der Waals surface area contributed by atoms with Gasteiger partial charge in [0.05, 0.1) is 0 Å². The highest BCUT2D eigenvalue weighted by Crippen LogP contribution is 2.40. The van der Waals surface area contributed by atoms with Crippen molar-refractivity contribution >= 4 is 18.2 Å². The second kappa shape index (κ2) is 6.87. The van der Waals surface area contributed by atoms with Crippen LogP contribution >= 0.6 is 0 Å². The molecule has 1 N–H and O–H groups in total. The van der Waals surface area contributed by atoms with Crippen molar-refractivity contribution in [1.82, 2.24) is 5.32 Å². The van der Waals surface area contributed by atoms with Crippen LogP contribution in [0.3, 0.4) is 0 Å². The minimum absolute atomic E-state index is 0.102. The first-order chi connectivity index (χ1) is 13.0. The van der Waals surface area contributed by atoms with Crippen molar-refractivity contribution in [3.8, 4) is 11.5 Å². The van der Waals surface area contributed by atoms with E-state index in [4.69, 9.17) is 9.47 Å². The standard InChI is InChI=1S/C21H20N2O4/c1-12-9-13(11-22-2)3-8-18(12)26-15-5-7-16-14(10-15)4-6-17(16)19-20(24)23-21(25)27-19/h3,5,7-11,17,19H,4,6H2,1-2H3,(H,23,24,25)/t17-,19-/m1/s1.